The van der Waals surface area contributed by atoms with Crippen molar-refractivity contribution >= 4 is 20.1 Å². The van der Waals surface area contributed by atoms with E-state index in [1.165, 1.54) is 11.8 Å². The maximum atomic E-state index is 13.4. The zero-order chi connectivity index (χ0) is 17.4. The van der Waals surface area contributed by atoms with E-state index in [1.54, 1.807) is 0 Å². The van der Waals surface area contributed by atoms with Gasteiger partial charge in [-0.2, -0.15) is 4.39 Å². The van der Waals surface area contributed by atoms with Crippen LogP contribution in [0.15, 0.2) is 15.8 Å². The van der Waals surface area contributed by atoms with E-state index in [4.69, 9.17) is 9.16 Å². The van der Waals surface area contributed by atoms with Crippen LogP contribution in [0.25, 0.3) is 0 Å². The molecule has 2 heterocycles. The molecule has 0 aliphatic carbocycles. The van der Waals surface area contributed by atoms with Crippen LogP contribution >= 0.6 is 11.8 Å². The summed E-state index contributed by atoms with van der Waals surface area (Å²) >= 11 is 1.52. The van der Waals surface area contributed by atoms with Crippen molar-refractivity contribution in [2.45, 2.75) is 50.6 Å². The van der Waals surface area contributed by atoms with E-state index in [1.807, 2.05) is 4.98 Å². The number of thioether (sulfide) groups is 1. The van der Waals surface area contributed by atoms with Gasteiger partial charge in [0.1, 0.15) is 11.7 Å². The molecule has 1 aliphatic rings. The highest BCUT2D eigenvalue weighted by Crippen LogP contribution is 2.38. The lowest BCUT2D eigenvalue weighted by atomic mass is 10.2. The summed E-state index contributed by atoms with van der Waals surface area (Å²) in [6.45, 7) is 11.2. The van der Waals surface area contributed by atoms with Crippen LogP contribution in [0, 0.1) is 5.82 Å². The monoisotopic (exact) mass is 362 g/mol. The molecule has 1 saturated heterocycles. The second-order valence-electron chi connectivity index (χ2n) is 7.07. The first kappa shape index (κ1) is 18.4. The summed E-state index contributed by atoms with van der Waals surface area (Å²) < 4.78 is 26.3. The van der Waals surface area contributed by atoms with Crippen molar-refractivity contribution in [3.8, 4) is 0 Å². The molecule has 2 atom stereocenters. The van der Waals surface area contributed by atoms with Crippen molar-refractivity contribution in [3.05, 3.63) is 32.9 Å². The summed E-state index contributed by atoms with van der Waals surface area (Å²) in [5, 5.41) is 0.106. The van der Waals surface area contributed by atoms with Crippen LogP contribution in [0.3, 0.4) is 0 Å². The molecule has 0 amide bonds. The zero-order valence-corrected chi connectivity index (χ0v) is 15.8. The maximum Gasteiger partial charge on any atom is 0.330 e. The summed E-state index contributed by atoms with van der Waals surface area (Å²) in [5.41, 5.74) is -1.90. The third-order valence-corrected chi connectivity index (χ3v) is 9.95. The molecule has 1 fully saturated rings. The second kappa shape index (κ2) is 6.54. The van der Waals surface area contributed by atoms with Crippen LogP contribution in [0.5, 0.6) is 0 Å². The Morgan fingerprint density at radius 2 is 2.13 bits per heavy atom. The van der Waals surface area contributed by atoms with Crippen LogP contribution in [0.1, 0.15) is 27.0 Å². The van der Waals surface area contributed by atoms with E-state index in [9.17, 15) is 14.0 Å². The number of nitrogens with one attached hydrogen (secondary N) is 1. The van der Waals surface area contributed by atoms with Gasteiger partial charge in [-0.1, -0.05) is 20.8 Å². The number of aromatic amines is 1. The average molecular weight is 362 g/mol. The molecule has 1 aromatic heterocycles. The minimum Gasteiger partial charge on any atom is -0.413 e. The molecule has 2 rings (SSSR count). The lowest BCUT2D eigenvalue weighted by Crippen LogP contribution is -2.42. The molecule has 0 radical (unpaired) electrons. The lowest BCUT2D eigenvalue weighted by molar-refractivity contribution is -0.00476. The highest BCUT2D eigenvalue weighted by molar-refractivity contribution is 8.00. The van der Waals surface area contributed by atoms with Gasteiger partial charge in [0, 0.05) is 5.75 Å². The smallest absolute Gasteiger partial charge is 0.330 e. The van der Waals surface area contributed by atoms with E-state index in [2.05, 4.69) is 33.9 Å². The predicted molar refractivity (Wildman–Crippen MR) is 90.8 cm³/mol. The van der Waals surface area contributed by atoms with E-state index in [-0.39, 0.29) is 10.5 Å². The molecule has 0 saturated carbocycles. The number of nitrogens with zero attached hydrogens (tertiary/aromatic N) is 1. The Hall–Kier alpha value is -0.903. The quantitative estimate of drug-likeness (QED) is 0.832. The Morgan fingerprint density at radius 3 is 2.74 bits per heavy atom. The number of hydrogen-bond acceptors (Lipinski definition) is 5. The first-order valence-electron chi connectivity index (χ1n) is 7.43. The number of aromatic nitrogens is 2. The van der Waals surface area contributed by atoms with Gasteiger partial charge in [-0.25, -0.2) is 4.79 Å². The molecule has 1 N–H and O–H groups in total. The fourth-order valence-corrected chi connectivity index (χ4v) is 3.96. The van der Waals surface area contributed by atoms with Crippen molar-refractivity contribution < 1.29 is 13.6 Å². The van der Waals surface area contributed by atoms with Gasteiger partial charge in [0.2, 0.25) is 5.82 Å². The molecule has 6 nitrogen and oxygen atoms in total. The summed E-state index contributed by atoms with van der Waals surface area (Å²) in [6, 6.07) is 0. The molecular formula is C14H23FN2O4SSi. The van der Waals surface area contributed by atoms with Gasteiger partial charge in [-0.15, -0.1) is 11.8 Å². The summed E-state index contributed by atoms with van der Waals surface area (Å²) in [5.74, 6) is -0.504. The molecule has 0 bridgehead atoms. The van der Waals surface area contributed by atoms with Crippen molar-refractivity contribution in [3.63, 3.8) is 0 Å². The third-order valence-electron chi connectivity index (χ3n) is 4.35. The summed E-state index contributed by atoms with van der Waals surface area (Å²) in [6.07, 6.45) is 0.288. The normalized spacial score (nSPS) is 22.5. The number of ether oxygens (including phenoxy) is 1. The lowest BCUT2D eigenvalue weighted by Gasteiger charge is -2.36. The predicted octanol–water partition coefficient (Wildman–Crippen LogP) is 2.29. The van der Waals surface area contributed by atoms with Gasteiger partial charge in [-0.05, 0) is 18.1 Å². The summed E-state index contributed by atoms with van der Waals surface area (Å²) in [4.78, 5) is 24.8. The molecular weight excluding hydrogens is 339 g/mol. The largest absolute Gasteiger partial charge is 0.413 e. The van der Waals surface area contributed by atoms with Gasteiger partial charge < -0.3 is 9.16 Å². The fourth-order valence-electron chi connectivity index (χ4n) is 1.84. The molecule has 0 spiro atoms. The molecule has 1 aromatic rings. The molecule has 0 aromatic carbocycles. The molecule has 130 valence electrons. The highest BCUT2D eigenvalue weighted by atomic mass is 32.2. The number of hydrogen-bond donors (Lipinski definition) is 1. The molecule has 1 aliphatic heterocycles. The van der Waals surface area contributed by atoms with Gasteiger partial charge >= 0.3 is 5.69 Å². The minimum absolute atomic E-state index is 0.106. The van der Waals surface area contributed by atoms with Crippen LogP contribution in [0.4, 0.5) is 4.39 Å². The number of H-pyrrole nitrogens is 1. The van der Waals surface area contributed by atoms with Crippen LogP contribution in [-0.2, 0) is 9.16 Å². The summed E-state index contributed by atoms with van der Waals surface area (Å²) in [7, 11) is -1.87. The number of rotatable bonds is 4. The van der Waals surface area contributed by atoms with Crippen molar-refractivity contribution in [2.24, 2.45) is 0 Å². The van der Waals surface area contributed by atoms with Crippen molar-refractivity contribution in [1.82, 2.24) is 9.55 Å². The number of halogens is 1. The van der Waals surface area contributed by atoms with Crippen molar-refractivity contribution in [1.29, 1.82) is 0 Å². The second-order valence-corrected chi connectivity index (χ2v) is 13.1. The standard InChI is InChI=1S/C14H23FN2O4SSi/c1-14(2,3)23(4,5)20-7-11-21-10(8-22-11)17-6-9(15)12(18)16-13(17)19/h6,10-11H,7-8H2,1-5H3,(H,16,18,19). The van der Waals surface area contributed by atoms with E-state index < -0.39 is 31.6 Å². The van der Waals surface area contributed by atoms with Gasteiger partial charge in [0.15, 0.2) is 8.32 Å². The third kappa shape index (κ3) is 4.14. The van der Waals surface area contributed by atoms with Crippen LogP contribution in [-0.4, -0.2) is 35.7 Å². The molecule has 23 heavy (non-hydrogen) atoms. The Labute approximate surface area is 139 Å². The Bertz CT molecular complexity index is 683. The Morgan fingerprint density at radius 1 is 1.48 bits per heavy atom. The van der Waals surface area contributed by atoms with Gasteiger partial charge in [0.05, 0.1) is 12.8 Å². The van der Waals surface area contributed by atoms with E-state index >= 15 is 0 Å². The highest BCUT2D eigenvalue weighted by Gasteiger charge is 2.39. The average Bonchev–Trinajstić information content (AvgIpc) is 2.88. The Balaban J connectivity index is 2.01. The first-order valence-corrected chi connectivity index (χ1v) is 11.4. The van der Waals surface area contributed by atoms with E-state index in [0.29, 0.717) is 12.4 Å². The van der Waals surface area contributed by atoms with Gasteiger partial charge in [-0.3, -0.25) is 14.3 Å². The van der Waals surface area contributed by atoms with Crippen molar-refractivity contribution in [2.75, 3.05) is 12.4 Å². The topological polar surface area (TPSA) is 73.3 Å². The first-order chi connectivity index (χ1) is 10.5. The SMILES string of the molecule is CC(C)(C)[Si](C)(C)OCC1OC(n2cc(F)c(=O)[nH]c2=O)CS1. The molecule has 9 heteroatoms. The molecule has 2 unspecified atom stereocenters. The van der Waals surface area contributed by atoms with Gasteiger partial charge in [0.25, 0.3) is 5.56 Å². The zero-order valence-electron chi connectivity index (χ0n) is 14.0. The minimum atomic E-state index is -1.87. The van der Waals surface area contributed by atoms with E-state index in [0.717, 1.165) is 10.8 Å². The maximum absolute atomic E-state index is 13.4. The fraction of sp³-hybridized carbons (Fsp3) is 0.714. The Kier molecular flexibility index (Phi) is 5.24. The van der Waals surface area contributed by atoms with Crippen LogP contribution < -0.4 is 11.2 Å². The van der Waals surface area contributed by atoms with Crippen LogP contribution in [0.2, 0.25) is 18.1 Å².